The first kappa shape index (κ1) is 14.2. The lowest BCUT2D eigenvalue weighted by molar-refractivity contribution is 0.0116. The highest BCUT2D eigenvalue weighted by Gasteiger charge is 2.16. The molecule has 1 atom stereocenters. The highest BCUT2D eigenvalue weighted by atomic mass is 16.5. The number of hydrogen-bond acceptors (Lipinski definition) is 5. The minimum atomic E-state index is -0.431. The van der Waals surface area contributed by atoms with Gasteiger partial charge in [-0.15, -0.1) is 0 Å². The predicted octanol–water partition coefficient (Wildman–Crippen LogP) is 0.638. The van der Waals surface area contributed by atoms with Crippen LogP contribution in [0.3, 0.4) is 0 Å². The van der Waals surface area contributed by atoms with Crippen LogP contribution < -0.4 is 0 Å². The van der Waals surface area contributed by atoms with Crippen molar-refractivity contribution < 1.29 is 9.84 Å². The van der Waals surface area contributed by atoms with E-state index in [-0.39, 0.29) is 0 Å². The van der Waals surface area contributed by atoms with Gasteiger partial charge in [0.05, 0.1) is 25.9 Å². The topological polar surface area (TPSA) is 63.4 Å². The van der Waals surface area contributed by atoms with Gasteiger partial charge in [0.15, 0.2) is 5.82 Å². The molecule has 1 N–H and O–H groups in total. The van der Waals surface area contributed by atoms with Crippen molar-refractivity contribution in [1.29, 1.82) is 0 Å². The van der Waals surface area contributed by atoms with Crippen LogP contribution in [0, 0.1) is 0 Å². The fourth-order valence-corrected chi connectivity index (χ4v) is 2.55. The van der Waals surface area contributed by atoms with Crippen molar-refractivity contribution in [3.63, 3.8) is 0 Å². The first-order chi connectivity index (χ1) is 10.3. The summed E-state index contributed by atoms with van der Waals surface area (Å²) in [7, 11) is 0. The molecule has 6 heteroatoms. The molecule has 0 aliphatic carbocycles. The summed E-state index contributed by atoms with van der Waals surface area (Å²) in [5.41, 5.74) is 0.820. The molecule has 0 spiro atoms. The van der Waals surface area contributed by atoms with Crippen molar-refractivity contribution in [3.05, 3.63) is 36.8 Å². The lowest BCUT2D eigenvalue weighted by atomic mass is 10.3. The molecular weight excluding hydrogens is 268 g/mol. The Labute approximate surface area is 124 Å². The number of hydrogen-bond donors (Lipinski definition) is 1. The fraction of sp³-hybridized carbons (Fsp3) is 0.467. The first-order valence-electron chi connectivity index (χ1n) is 7.23. The van der Waals surface area contributed by atoms with Crippen LogP contribution in [0.4, 0.5) is 0 Å². The maximum Gasteiger partial charge on any atom is 0.158 e. The molecule has 2 aromatic heterocycles. The summed E-state index contributed by atoms with van der Waals surface area (Å²) in [6.45, 7) is 4.43. The monoisotopic (exact) mass is 288 g/mol. The predicted molar refractivity (Wildman–Crippen MR) is 78.7 cm³/mol. The molecular formula is C15H20N4O2. The summed E-state index contributed by atoms with van der Waals surface area (Å²) in [4.78, 5) is 10.9. The molecule has 3 rings (SSSR count). The molecule has 1 aliphatic heterocycles. The number of imidazole rings is 1. The molecule has 112 valence electrons. The molecule has 0 amide bonds. The van der Waals surface area contributed by atoms with Gasteiger partial charge in [-0.05, 0) is 12.1 Å². The summed E-state index contributed by atoms with van der Waals surface area (Å²) in [6, 6.07) is 5.74. The van der Waals surface area contributed by atoms with Crippen LogP contribution in [0.25, 0.3) is 11.5 Å². The van der Waals surface area contributed by atoms with Gasteiger partial charge in [0.25, 0.3) is 0 Å². The van der Waals surface area contributed by atoms with Gasteiger partial charge in [-0.25, -0.2) is 4.98 Å². The Kier molecular flexibility index (Phi) is 4.59. The quantitative estimate of drug-likeness (QED) is 0.874. The molecule has 0 bridgehead atoms. The van der Waals surface area contributed by atoms with Gasteiger partial charge < -0.3 is 14.4 Å². The summed E-state index contributed by atoms with van der Waals surface area (Å²) in [5, 5.41) is 10.3. The average molecular weight is 288 g/mol. The van der Waals surface area contributed by atoms with Gasteiger partial charge in [0, 0.05) is 38.2 Å². The number of rotatable bonds is 5. The van der Waals surface area contributed by atoms with Gasteiger partial charge >= 0.3 is 0 Å². The zero-order valence-corrected chi connectivity index (χ0v) is 11.9. The lowest BCUT2D eigenvalue weighted by Crippen LogP contribution is -2.42. The smallest absolute Gasteiger partial charge is 0.158 e. The van der Waals surface area contributed by atoms with Gasteiger partial charge in [-0.3, -0.25) is 9.88 Å². The SMILES string of the molecule is O[C@H](CN1CCOCC1)Cn1ccnc1-c1ccccn1. The molecule has 1 fully saturated rings. The molecule has 6 nitrogen and oxygen atoms in total. The number of aliphatic hydroxyl groups is 1. The number of aromatic nitrogens is 3. The maximum atomic E-state index is 10.3. The number of β-amino-alcohol motifs (C(OH)–C–C–N with tert-alkyl or cyclic N) is 1. The van der Waals surface area contributed by atoms with Crippen molar-refractivity contribution in [3.8, 4) is 11.5 Å². The van der Waals surface area contributed by atoms with Crippen LogP contribution in [-0.2, 0) is 11.3 Å². The van der Waals surface area contributed by atoms with E-state index >= 15 is 0 Å². The van der Waals surface area contributed by atoms with Crippen molar-refractivity contribution in [2.45, 2.75) is 12.6 Å². The van der Waals surface area contributed by atoms with Gasteiger partial charge in [-0.2, -0.15) is 0 Å². The summed E-state index contributed by atoms with van der Waals surface area (Å²) >= 11 is 0. The Morgan fingerprint density at radius 3 is 2.76 bits per heavy atom. The second kappa shape index (κ2) is 6.80. The van der Waals surface area contributed by atoms with E-state index in [1.54, 1.807) is 12.4 Å². The minimum Gasteiger partial charge on any atom is -0.390 e. The Morgan fingerprint density at radius 1 is 1.14 bits per heavy atom. The van der Waals surface area contributed by atoms with Crippen molar-refractivity contribution >= 4 is 0 Å². The van der Waals surface area contributed by atoms with E-state index in [9.17, 15) is 5.11 Å². The largest absolute Gasteiger partial charge is 0.390 e. The van der Waals surface area contributed by atoms with Crippen LogP contribution in [0.15, 0.2) is 36.8 Å². The van der Waals surface area contributed by atoms with Gasteiger partial charge in [0.1, 0.15) is 5.69 Å². The Bertz CT molecular complexity index is 552. The van der Waals surface area contributed by atoms with Crippen LogP contribution in [0.5, 0.6) is 0 Å². The Morgan fingerprint density at radius 2 is 2.00 bits per heavy atom. The molecule has 0 radical (unpaired) electrons. The highest BCUT2D eigenvalue weighted by molar-refractivity contribution is 5.48. The average Bonchev–Trinajstić information content (AvgIpc) is 2.97. The third-order valence-electron chi connectivity index (χ3n) is 3.59. The highest BCUT2D eigenvalue weighted by Crippen LogP contribution is 2.14. The zero-order chi connectivity index (χ0) is 14.5. The number of ether oxygens (including phenoxy) is 1. The number of morpholine rings is 1. The Hall–Kier alpha value is -1.76. The molecule has 3 heterocycles. The van der Waals surface area contributed by atoms with E-state index in [1.807, 2.05) is 29.0 Å². The zero-order valence-electron chi connectivity index (χ0n) is 11.9. The summed E-state index contributed by atoms with van der Waals surface area (Å²) in [6.07, 6.45) is 4.94. The van der Waals surface area contributed by atoms with Crippen LogP contribution in [0.1, 0.15) is 0 Å². The van der Waals surface area contributed by atoms with Crippen molar-refractivity contribution in [2.75, 3.05) is 32.8 Å². The summed E-state index contributed by atoms with van der Waals surface area (Å²) in [5.74, 6) is 0.789. The van der Waals surface area contributed by atoms with Crippen LogP contribution in [0.2, 0.25) is 0 Å². The molecule has 0 aromatic carbocycles. The van der Waals surface area contributed by atoms with Crippen LogP contribution in [-0.4, -0.2) is 63.5 Å². The van der Waals surface area contributed by atoms with Gasteiger partial charge in [0.2, 0.25) is 0 Å². The molecule has 1 aliphatic rings. The number of aliphatic hydroxyl groups excluding tert-OH is 1. The maximum absolute atomic E-state index is 10.3. The molecule has 2 aromatic rings. The van der Waals surface area contributed by atoms with E-state index < -0.39 is 6.10 Å². The normalized spacial score (nSPS) is 17.8. The van der Waals surface area contributed by atoms with Gasteiger partial charge in [-0.1, -0.05) is 6.07 Å². The molecule has 1 saturated heterocycles. The lowest BCUT2D eigenvalue weighted by Gasteiger charge is -2.28. The first-order valence-corrected chi connectivity index (χ1v) is 7.23. The van der Waals surface area contributed by atoms with Crippen LogP contribution >= 0.6 is 0 Å². The third-order valence-corrected chi connectivity index (χ3v) is 3.59. The van der Waals surface area contributed by atoms with E-state index in [0.29, 0.717) is 13.1 Å². The summed E-state index contributed by atoms with van der Waals surface area (Å²) < 4.78 is 7.27. The standard InChI is InChI=1S/C15H20N4O2/c20-13(11-18-7-9-21-10-8-18)12-19-6-5-17-15(19)14-3-1-2-4-16-14/h1-6,13,20H,7-12H2/t13-/m1/s1. The molecule has 21 heavy (non-hydrogen) atoms. The second-order valence-corrected chi connectivity index (χ2v) is 5.18. The second-order valence-electron chi connectivity index (χ2n) is 5.18. The number of pyridine rings is 1. The molecule has 0 saturated carbocycles. The molecule has 0 unspecified atom stereocenters. The van der Waals surface area contributed by atoms with E-state index in [4.69, 9.17) is 4.74 Å². The number of nitrogens with zero attached hydrogens (tertiary/aromatic N) is 4. The fourth-order valence-electron chi connectivity index (χ4n) is 2.55. The van der Waals surface area contributed by atoms with E-state index in [1.165, 1.54) is 0 Å². The Balaban J connectivity index is 1.64. The third kappa shape index (κ3) is 3.66. The van der Waals surface area contributed by atoms with Crippen molar-refractivity contribution in [2.24, 2.45) is 0 Å². The van der Waals surface area contributed by atoms with E-state index in [2.05, 4.69) is 14.9 Å². The minimum absolute atomic E-state index is 0.431. The van der Waals surface area contributed by atoms with Crippen molar-refractivity contribution in [1.82, 2.24) is 19.4 Å². The van der Waals surface area contributed by atoms with E-state index in [0.717, 1.165) is 37.8 Å².